The normalized spacial score (nSPS) is 11.9. The lowest BCUT2D eigenvalue weighted by molar-refractivity contribution is -0.123. The first-order chi connectivity index (χ1) is 16.2. The fraction of sp³-hybridized carbons (Fsp3) is 0.238. The number of primary amides is 1. The summed E-state index contributed by atoms with van der Waals surface area (Å²) in [5.41, 5.74) is 5.01. The molecule has 0 aliphatic rings. The van der Waals surface area contributed by atoms with E-state index in [0.29, 0.717) is 0 Å². The number of aromatic nitrogens is 3. The standard InChI is InChI=1S/C21H21Cl3N6O4S/c1-21(2,10-27-35(3,33)34)20(32)28-14-8-11(22)7-13(24)17(14)15-9-16(18(25)31)30(29-15)19-12(23)5-4-6-26-19/h4-9,27H,10H2,1-3H3,(H2,25,31)(H,28,32). The Morgan fingerprint density at radius 2 is 1.83 bits per heavy atom. The minimum absolute atomic E-state index is 0.0263. The highest BCUT2D eigenvalue weighted by Crippen LogP contribution is 2.38. The van der Waals surface area contributed by atoms with Crippen molar-refractivity contribution >= 4 is 62.3 Å². The van der Waals surface area contributed by atoms with Crippen LogP contribution in [0.15, 0.2) is 36.5 Å². The molecule has 0 spiro atoms. The van der Waals surface area contributed by atoms with Crippen LogP contribution in [0.1, 0.15) is 24.3 Å². The van der Waals surface area contributed by atoms with Crippen LogP contribution < -0.4 is 15.8 Å². The van der Waals surface area contributed by atoms with Crippen molar-refractivity contribution in [3.63, 3.8) is 0 Å². The molecule has 0 radical (unpaired) electrons. The third-order valence-electron chi connectivity index (χ3n) is 4.85. The van der Waals surface area contributed by atoms with E-state index in [1.54, 1.807) is 26.0 Å². The van der Waals surface area contributed by atoms with Gasteiger partial charge in [0, 0.05) is 23.3 Å². The van der Waals surface area contributed by atoms with Gasteiger partial charge in [-0.15, -0.1) is 0 Å². The molecule has 1 aromatic carbocycles. The predicted octanol–water partition coefficient (Wildman–Crippen LogP) is 3.51. The largest absolute Gasteiger partial charge is 0.364 e. The van der Waals surface area contributed by atoms with Crippen LogP contribution >= 0.6 is 34.8 Å². The molecule has 14 heteroatoms. The fourth-order valence-corrected chi connectivity index (χ4v) is 4.40. The Bertz CT molecular complexity index is 1420. The van der Waals surface area contributed by atoms with Crippen LogP contribution in [0.2, 0.25) is 15.1 Å². The van der Waals surface area contributed by atoms with Crippen molar-refractivity contribution in [3.05, 3.63) is 57.3 Å². The Balaban J connectivity index is 2.09. The molecule has 0 bridgehead atoms. The second-order valence-corrected chi connectivity index (χ2v) is 11.3. The summed E-state index contributed by atoms with van der Waals surface area (Å²) in [4.78, 5) is 29.4. The summed E-state index contributed by atoms with van der Waals surface area (Å²) < 4.78 is 26.4. The number of carbonyl (C=O) groups is 2. The zero-order valence-electron chi connectivity index (χ0n) is 18.8. The molecule has 3 aromatic rings. The maximum Gasteiger partial charge on any atom is 0.267 e. The van der Waals surface area contributed by atoms with E-state index in [9.17, 15) is 18.0 Å². The molecular weight excluding hydrogens is 539 g/mol. The van der Waals surface area contributed by atoms with E-state index in [0.717, 1.165) is 6.26 Å². The summed E-state index contributed by atoms with van der Waals surface area (Å²) in [5.74, 6) is -1.15. The van der Waals surface area contributed by atoms with Gasteiger partial charge in [-0.25, -0.2) is 22.8 Å². The van der Waals surface area contributed by atoms with Crippen molar-refractivity contribution in [1.82, 2.24) is 19.5 Å². The van der Waals surface area contributed by atoms with Gasteiger partial charge in [0.05, 0.1) is 33.1 Å². The number of amides is 2. The number of carbonyl (C=O) groups excluding carboxylic acids is 2. The molecule has 0 aliphatic heterocycles. The number of nitrogens with zero attached hydrogens (tertiary/aromatic N) is 3. The number of halogens is 3. The lowest BCUT2D eigenvalue weighted by Gasteiger charge is -2.24. The topological polar surface area (TPSA) is 149 Å². The van der Waals surface area contributed by atoms with Gasteiger partial charge in [0.15, 0.2) is 5.82 Å². The molecule has 0 atom stereocenters. The van der Waals surface area contributed by atoms with Gasteiger partial charge in [0.2, 0.25) is 15.9 Å². The Kier molecular flexibility index (Phi) is 7.77. The van der Waals surface area contributed by atoms with E-state index in [-0.39, 0.29) is 50.1 Å². The van der Waals surface area contributed by atoms with E-state index >= 15 is 0 Å². The molecule has 35 heavy (non-hydrogen) atoms. The molecule has 3 rings (SSSR count). The van der Waals surface area contributed by atoms with Crippen LogP contribution in [0.3, 0.4) is 0 Å². The molecule has 0 aliphatic carbocycles. The minimum Gasteiger partial charge on any atom is -0.364 e. The van der Waals surface area contributed by atoms with Crippen LogP contribution in [-0.4, -0.2) is 47.8 Å². The van der Waals surface area contributed by atoms with Gasteiger partial charge in [-0.3, -0.25) is 9.59 Å². The number of sulfonamides is 1. The lowest BCUT2D eigenvalue weighted by atomic mass is 9.92. The second-order valence-electron chi connectivity index (χ2n) is 8.24. The van der Waals surface area contributed by atoms with Gasteiger partial charge in [-0.1, -0.05) is 34.8 Å². The van der Waals surface area contributed by atoms with E-state index in [1.807, 2.05) is 0 Å². The first-order valence-electron chi connectivity index (χ1n) is 9.96. The molecule has 4 N–H and O–H groups in total. The van der Waals surface area contributed by atoms with Crippen LogP contribution in [0.4, 0.5) is 5.69 Å². The van der Waals surface area contributed by atoms with Gasteiger partial charge in [-0.2, -0.15) is 5.10 Å². The van der Waals surface area contributed by atoms with Crippen molar-refractivity contribution in [2.45, 2.75) is 13.8 Å². The smallest absolute Gasteiger partial charge is 0.267 e. The molecule has 2 heterocycles. The number of hydrogen-bond acceptors (Lipinski definition) is 6. The molecule has 2 aromatic heterocycles. The Hall–Kier alpha value is -2.70. The highest BCUT2D eigenvalue weighted by atomic mass is 35.5. The van der Waals surface area contributed by atoms with E-state index < -0.39 is 27.3 Å². The Labute approximate surface area is 216 Å². The average Bonchev–Trinajstić information content (AvgIpc) is 3.16. The van der Waals surface area contributed by atoms with E-state index in [1.165, 1.54) is 29.1 Å². The summed E-state index contributed by atoms with van der Waals surface area (Å²) >= 11 is 18.9. The highest BCUT2D eigenvalue weighted by Gasteiger charge is 2.30. The van der Waals surface area contributed by atoms with Gasteiger partial charge >= 0.3 is 0 Å². The maximum atomic E-state index is 13.0. The van der Waals surface area contributed by atoms with E-state index in [4.69, 9.17) is 40.5 Å². The van der Waals surface area contributed by atoms with Crippen molar-refractivity contribution in [1.29, 1.82) is 0 Å². The average molecular weight is 560 g/mol. The SMILES string of the molecule is CC(C)(CNS(C)(=O)=O)C(=O)Nc1cc(Cl)cc(Cl)c1-c1cc(C(N)=O)n(-c2ncccc2Cl)n1. The molecule has 0 saturated carbocycles. The van der Waals surface area contributed by atoms with Gasteiger partial charge in [0.25, 0.3) is 5.91 Å². The van der Waals surface area contributed by atoms with Crippen molar-refractivity contribution in [2.75, 3.05) is 18.1 Å². The predicted molar refractivity (Wildman–Crippen MR) is 136 cm³/mol. The Morgan fingerprint density at radius 1 is 1.14 bits per heavy atom. The second kappa shape index (κ2) is 10.1. The number of nitrogens with one attached hydrogen (secondary N) is 2. The highest BCUT2D eigenvalue weighted by molar-refractivity contribution is 7.88. The monoisotopic (exact) mass is 558 g/mol. The third-order valence-corrected chi connectivity index (χ3v) is 6.33. The number of hydrogen-bond donors (Lipinski definition) is 3. The van der Waals surface area contributed by atoms with E-state index in [2.05, 4.69) is 20.1 Å². The molecule has 2 amide bonds. The number of benzene rings is 1. The van der Waals surface area contributed by atoms with Crippen molar-refractivity contribution in [2.24, 2.45) is 11.1 Å². The van der Waals surface area contributed by atoms with Crippen LogP contribution in [-0.2, 0) is 14.8 Å². The quantitative estimate of drug-likeness (QED) is 0.384. The minimum atomic E-state index is -3.51. The first kappa shape index (κ1) is 26.9. The molecule has 0 saturated heterocycles. The molecule has 10 nitrogen and oxygen atoms in total. The third kappa shape index (κ3) is 6.30. The summed E-state index contributed by atoms with van der Waals surface area (Å²) in [5, 5.41) is 7.73. The maximum absolute atomic E-state index is 13.0. The van der Waals surface area contributed by atoms with Gasteiger partial charge in [-0.05, 0) is 44.2 Å². The van der Waals surface area contributed by atoms with Crippen LogP contribution in [0.5, 0.6) is 0 Å². The van der Waals surface area contributed by atoms with Crippen LogP contribution in [0, 0.1) is 5.41 Å². The summed E-state index contributed by atoms with van der Waals surface area (Å²) in [6.45, 7) is 2.98. The molecular formula is C21H21Cl3N6O4S. The number of rotatable bonds is 8. The van der Waals surface area contributed by atoms with Crippen LogP contribution in [0.25, 0.3) is 17.1 Å². The van der Waals surface area contributed by atoms with Gasteiger partial charge in [0.1, 0.15) is 5.69 Å². The zero-order chi connectivity index (χ0) is 26.1. The molecule has 0 unspecified atom stereocenters. The van der Waals surface area contributed by atoms with Crippen molar-refractivity contribution < 1.29 is 18.0 Å². The summed E-state index contributed by atoms with van der Waals surface area (Å²) in [6, 6.07) is 7.47. The number of anilines is 1. The summed E-state index contributed by atoms with van der Waals surface area (Å²) in [7, 11) is -3.51. The lowest BCUT2D eigenvalue weighted by Crippen LogP contribution is -2.41. The zero-order valence-corrected chi connectivity index (χ0v) is 21.8. The van der Waals surface area contributed by atoms with Crippen molar-refractivity contribution in [3.8, 4) is 17.1 Å². The number of pyridine rings is 1. The first-order valence-corrected chi connectivity index (χ1v) is 13.0. The molecule has 0 fully saturated rings. The Morgan fingerprint density at radius 3 is 2.43 bits per heavy atom. The van der Waals surface area contributed by atoms with Gasteiger partial charge < -0.3 is 11.1 Å². The fourth-order valence-electron chi connectivity index (χ4n) is 2.99. The summed E-state index contributed by atoms with van der Waals surface area (Å²) in [6.07, 6.45) is 2.47. The number of nitrogens with two attached hydrogens (primary N) is 1. The molecule has 186 valence electrons.